The van der Waals surface area contributed by atoms with Crippen LogP contribution in [-0.2, 0) is 13.0 Å². The van der Waals surface area contributed by atoms with Crippen molar-refractivity contribution in [2.75, 3.05) is 13.1 Å². The molecule has 1 fully saturated rings. The van der Waals surface area contributed by atoms with E-state index in [1.54, 1.807) is 10.9 Å². The highest BCUT2D eigenvalue weighted by molar-refractivity contribution is 7.20. The molecule has 2 aromatic heterocycles. The third-order valence-electron chi connectivity index (χ3n) is 6.58. The Morgan fingerprint density at radius 1 is 1.00 bits per heavy atom. The Morgan fingerprint density at radius 2 is 1.64 bits per heavy atom. The molecule has 0 aliphatic carbocycles. The summed E-state index contributed by atoms with van der Waals surface area (Å²) in [7, 11) is 0. The number of aryl methyl sites for hydroxylation is 1. The lowest BCUT2D eigenvalue weighted by Crippen LogP contribution is -2.38. The number of hydrogen-bond acceptors (Lipinski definition) is 4. The van der Waals surface area contributed by atoms with Crippen molar-refractivity contribution < 1.29 is 4.79 Å². The minimum Gasteiger partial charge on any atom is -0.338 e. The standard InChI is InChI=1S/C27H27N3O2S/c1-19-23-25(28-18-30(26(23)31)17-22-10-6-3-7-11-22)33-24(19)27(32)29-14-12-21(13-15-29)16-20-8-4-2-5-9-20/h2-11,18,21H,12-17H2,1H3. The van der Waals surface area contributed by atoms with Crippen LogP contribution in [0.2, 0.25) is 0 Å². The van der Waals surface area contributed by atoms with Crippen LogP contribution in [0.3, 0.4) is 0 Å². The summed E-state index contributed by atoms with van der Waals surface area (Å²) in [4.78, 5) is 34.3. The van der Waals surface area contributed by atoms with Crippen LogP contribution >= 0.6 is 11.3 Å². The van der Waals surface area contributed by atoms with Gasteiger partial charge in [-0.15, -0.1) is 11.3 Å². The van der Waals surface area contributed by atoms with Gasteiger partial charge in [0.2, 0.25) is 0 Å². The first-order chi connectivity index (χ1) is 16.1. The van der Waals surface area contributed by atoms with Crippen molar-refractivity contribution in [1.82, 2.24) is 14.5 Å². The van der Waals surface area contributed by atoms with Crippen LogP contribution in [0, 0.1) is 12.8 Å². The zero-order chi connectivity index (χ0) is 22.8. The van der Waals surface area contributed by atoms with Crippen LogP contribution < -0.4 is 5.56 Å². The summed E-state index contributed by atoms with van der Waals surface area (Å²) in [5.41, 5.74) is 3.08. The molecule has 0 N–H and O–H groups in total. The molecule has 5 nitrogen and oxygen atoms in total. The van der Waals surface area contributed by atoms with Crippen molar-refractivity contribution >= 4 is 27.5 Å². The van der Waals surface area contributed by atoms with E-state index in [-0.39, 0.29) is 11.5 Å². The summed E-state index contributed by atoms with van der Waals surface area (Å²) in [6, 6.07) is 20.4. The van der Waals surface area contributed by atoms with Crippen LogP contribution in [-0.4, -0.2) is 33.4 Å². The number of carbonyl (C=O) groups excluding carboxylic acids is 1. The maximum atomic E-state index is 13.3. The minimum absolute atomic E-state index is 0.0303. The number of piperidine rings is 1. The van der Waals surface area contributed by atoms with Gasteiger partial charge in [0, 0.05) is 13.1 Å². The minimum atomic E-state index is -0.0850. The normalized spacial score (nSPS) is 14.6. The Kier molecular flexibility index (Phi) is 6.09. The van der Waals surface area contributed by atoms with Gasteiger partial charge in [0.05, 0.1) is 23.1 Å². The van der Waals surface area contributed by atoms with Crippen LogP contribution in [0.25, 0.3) is 10.2 Å². The second kappa shape index (κ2) is 9.32. The molecule has 6 heteroatoms. The number of fused-ring (bicyclic) bond motifs is 1. The number of carbonyl (C=O) groups is 1. The molecule has 0 radical (unpaired) electrons. The Balaban J connectivity index is 1.32. The van der Waals surface area contributed by atoms with E-state index < -0.39 is 0 Å². The third kappa shape index (κ3) is 4.48. The highest BCUT2D eigenvalue weighted by Gasteiger charge is 2.27. The van der Waals surface area contributed by atoms with Gasteiger partial charge in [-0.1, -0.05) is 60.7 Å². The van der Waals surface area contributed by atoms with Gasteiger partial charge in [-0.3, -0.25) is 14.2 Å². The summed E-state index contributed by atoms with van der Waals surface area (Å²) < 4.78 is 1.63. The average molecular weight is 458 g/mol. The molecule has 4 aromatic rings. The van der Waals surface area contributed by atoms with E-state index in [0.29, 0.717) is 27.6 Å². The molecular formula is C27H27N3O2S. The van der Waals surface area contributed by atoms with Crippen LogP contribution in [0.4, 0.5) is 0 Å². The van der Waals surface area contributed by atoms with Gasteiger partial charge in [-0.25, -0.2) is 4.98 Å². The van der Waals surface area contributed by atoms with Crippen molar-refractivity contribution in [2.24, 2.45) is 5.92 Å². The lowest BCUT2D eigenvalue weighted by molar-refractivity contribution is 0.0695. The fourth-order valence-electron chi connectivity index (χ4n) is 4.69. The second-order valence-electron chi connectivity index (χ2n) is 8.82. The Bertz CT molecular complexity index is 1320. The number of nitrogens with zero attached hydrogens (tertiary/aromatic N) is 3. The lowest BCUT2D eigenvalue weighted by atomic mass is 9.90. The molecule has 1 aliphatic rings. The van der Waals surface area contributed by atoms with Gasteiger partial charge in [-0.05, 0) is 48.8 Å². The smallest absolute Gasteiger partial charge is 0.264 e. The van der Waals surface area contributed by atoms with Crippen molar-refractivity contribution in [3.63, 3.8) is 0 Å². The maximum Gasteiger partial charge on any atom is 0.264 e. The summed E-state index contributed by atoms with van der Waals surface area (Å²) in [5, 5.41) is 0.570. The van der Waals surface area contributed by atoms with Crippen LogP contribution in [0.15, 0.2) is 71.8 Å². The first kappa shape index (κ1) is 21.6. The van der Waals surface area contributed by atoms with Crippen molar-refractivity contribution in [3.8, 4) is 0 Å². The molecule has 1 amide bonds. The quantitative estimate of drug-likeness (QED) is 0.428. The zero-order valence-electron chi connectivity index (χ0n) is 18.7. The Morgan fingerprint density at radius 3 is 2.30 bits per heavy atom. The second-order valence-corrected chi connectivity index (χ2v) is 9.82. The molecule has 0 bridgehead atoms. The monoisotopic (exact) mass is 457 g/mol. The van der Waals surface area contributed by atoms with E-state index >= 15 is 0 Å². The van der Waals surface area contributed by atoms with Gasteiger partial charge in [-0.2, -0.15) is 0 Å². The van der Waals surface area contributed by atoms with Gasteiger partial charge in [0.1, 0.15) is 4.83 Å². The number of amides is 1. The number of thiophene rings is 1. The van der Waals surface area contributed by atoms with Gasteiger partial charge in [0.15, 0.2) is 0 Å². The molecule has 0 spiro atoms. The van der Waals surface area contributed by atoms with E-state index in [0.717, 1.165) is 43.5 Å². The molecule has 1 aliphatic heterocycles. The summed E-state index contributed by atoms with van der Waals surface area (Å²) in [6.45, 7) is 3.87. The highest BCUT2D eigenvalue weighted by atomic mass is 32.1. The van der Waals surface area contributed by atoms with Crippen molar-refractivity contribution in [3.05, 3.63) is 98.9 Å². The molecule has 1 saturated heterocycles. The highest BCUT2D eigenvalue weighted by Crippen LogP contribution is 2.30. The van der Waals surface area contributed by atoms with Crippen molar-refractivity contribution in [1.29, 1.82) is 0 Å². The average Bonchev–Trinajstić information content (AvgIpc) is 3.19. The SMILES string of the molecule is Cc1c(C(=O)N2CCC(Cc3ccccc3)CC2)sc2ncn(Cc3ccccc3)c(=O)c12. The molecule has 33 heavy (non-hydrogen) atoms. The number of aromatic nitrogens is 2. The molecule has 5 rings (SSSR count). The fraction of sp³-hybridized carbons (Fsp3) is 0.296. The zero-order valence-corrected chi connectivity index (χ0v) is 19.6. The maximum absolute atomic E-state index is 13.3. The van der Waals surface area contributed by atoms with E-state index in [1.165, 1.54) is 16.9 Å². The number of benzene rings is 2. The number of likely N-dealkylation sites (tertiary alicyclic amines) is 1. The summed E-state index contributed by atoms with van der Waals surface area (Å²) >= 11 is 1.34. The first-order valence-corrected chi connectivity index (χ1v) is 12.3. The molecular weight excluding hydrogens is 430 g/mol. The van der Waals surface area contributed by atoms with E-state index in [4.69, 9.17) is 0 Å². The predicted octanol–water partition coefficient (Wildman–Crippen LogP) is 4.91. The molecule has 0 atom stereocenters. The van der Waals surface area contributed by atoms with Crippen molar-refractivity contribution in [2.45, 2.75) is 32.7 Å². The fourth-order valence-corrected chi connectivity index (χ4v) is 5.79. The summed E-state index contributed by atoms with van der Waals surface area (Å²) in [5.74, 6) is 0.634. The Hall–Kier alpha value is -3.25. The lowest BCUT2D eigenvalue weighted by Gasteiger charge is -2.32. The topological polar surface area (TPSA) is 55.2 Å². The Labute approximate surface area is 197 Å². The predicted molar refractivity (Wildman–Crippen MR) is 133 cm³/mol. The van der Waals surface area contributed by atoms with E-state index in [2.05, 4.69) is 29.2 Å². The van der Waals surface area contributed by atoms with Gasteiger partial charge >= 0.3 is 0 Å². The molecule has 3 heterocycles. The van der Waals surface area contributed by atoms with E-state index in [1.807, 2.05) is 48.2 Å². The number of hydrogen-bond donors (Lipinski definition) is 0. The molecule has 0 saturated carbocycles. The third-order valence-corrected chi connectivity index (χ3v) is 7.76. The number of rotatable bonds is 5. The van der Waals surface area contributed by atoms with Crippen LogP contribution in [0.5, 0.6) is 0 Å². The van der Waals surface area contributed by atoms with Crippen LogP contribution in [0.1, 0.15) is 39.2 Å². The molecule has 168 valence electrons. The van der Waals surface area contributed by atoms with E-state index in [9.17, 15) is 9.59 Å². The first-order valence-electron chi connectivity index (χ1n) is 11.5. The largest absolute Gasteiger partial charge is 0.338 e. The van der Waals surface area contributed by atoms with Gasteiger partial charge < -0.3 is 4.90 Å². The summed E-state index contributed by atoms with van der Waals surface area (Å²) in [6.07, 6.45) is 4.67. The molecule has 2 aromatic carbocycles. The van der Waals surface area contributed by atoms with Gasteiger partial charge in [0.25, 0.3) is 11.5 Å². The molecule has 0 unspecified atom stereocenters.